The molecule has 0 atom stereocenters. The Hall–Kier alpha value is -1.29. The summed E-state index contributed by atoms with van der Waals surface area (Å²) in [5.41, 5.74) is 2.35. The van der Waals surface area contributed by atoms with Crippen LogP contribution in [0.3, 0.4) is 0 Å². The first-order valence-electron chi connectivity index (χ1n) is 6.78. The Balaban J connectivity index is 1.69. The average molecular weight is 249 g/mol. The van der Waals surface area contributed by atoms with E-state index in [1.165, 1.54) is 31.4 Å². The molecule has 1 saturated carbocycles. The molecule has 1 heterocycles. The van der Waals surface area contributed by atoms with Gasteiger partial charge in [0.15, 0.2) is 0 Å². The van der Waals surface area contributed by atoms with E-state index in [1.54, 1.807) is 0 Å². The number of aromatic nitrogens is 1. The molecule has 4 heteroatoms. The molecule has 0 bridgehead atoms. The zero-order valence-electron chi connectivity index (χ0n) is 11.3. The second-order valence-electron chi connectivity index (χ2n) is 5.16. The lowest BCUT2D eigenvalue weighted by Crippen LogP contribution is -2.38. The van der Waals surface area contributed by atoms with Gasteiger partial charge in [-0.15, -0.1) is 0 Å². The molecule has 0 spiro atoms. The summed E-state index contributed by atoms with van der Waals surface area (Å²) in [6.45, 7) is 3.11. The predicted octanol–water partition coefficient (Wildman–Crippen LogP) is 1.48. The Morgan fingerprint density at radius 3 is 2.72 bits per heavy atom. The monoisotopic (exact) mass is 249 g/mol. The smallest absolute Gasteiger partial charge is 0.234 e. The molecule has 4 nitrogen and oxygen atoms in total. The van der Waals surface area contributed by atoms with Crippen molar-refractivity contribution in [1.82, 2.24) is 15.2 Å². The lowest BCUT2D eigenvalue weighted by atomic mass is 10.2. The third-order valence-electron chi connectivity index (χ3n) is 3.85. The van der Waals surface area contributed by atoms with Crippen LogP contribution in [0.5, 0.6) is 0 Å². The number of amides is 1. The second kappa shape index (κ2) is 6.05. The number of nitrogens with one attached hydrogen (secondary N) is 2. The van der Waals surface area contributed by atoms with E-state index in [-0.39, 0.29) is 5.91 Å². The SMILES string of the molecule is Cc1ccc(CNC(=O)CNC2CCCC2)n1C. The van der Waals surface area contributed by atoms with Crippen molar-refractivity contribution in [2.24, 2.45) is 7.05 Å². The maximum atomic E-state index is 11.7. The van der Waals surface area contributed by atoms with E-state index in [4.69, 9.17) is 0 Å². The quantitative estimate of drug-likeness (QED) is 0.830. The molecule has 1 amide bonds. The van der Waals surface area contributed by atoms with Gasteiger partial charge < -0.3 is 15.2 Å². The van der Waals surface area contributed by atoms with Crippen molar-refractivity contribution >= 4 is 5.91 Å². The van der Waals surface area contributed by atoms with Crippen LogP contribution in [0.15, 0.2) is 12.1 Å². The summed E-state index contributed by atoms with van der Waals surface area (Å²) in [6.07, 6.45) is 5.01. The highest BCUT2D eigenvalue weighted by Gasteiger charge is 2.15. The minimum Gasteiger partial charge on any atom is -0.350 e. The lowest BCUT2D eigenvalue weighted by molar-refractivity contribution is -0.120. The van der Waals surface area contributed by atoms with Gasteiger partial charge in [0.25, 0.3) is 0 Å². The van der Waals surface area contributed by atoms with Gasteiger partial charge in [0, 0.05) is 24.5 Å². The molecule has 2 rings (SSSR count). The van der Waals surface area contributed by atoms with E-state index < -0.39 is 0 Å². The van der Waals surface area contributed by atoms with E-state index in [0.29, 0.717) is 19.1 Å². The van der Waals surface area contributed by atoms with Crippen LogP contribution in [-0.2, 0) is 18.4 Å². The molecule has 1 aliphatic rings. The average Bonchev–Trinajstić information content (AvgIpc) is 2.97. The Kier molecular flexibility index (Phi) is 4.42. The standard InChI is InChI=1S/C14H23N3O/c1-11-7-8-13(17(11)2)9-16-14(18)10-15-12-5-3-4-6-12/h7-8,12,15H,3-6,9-10H2,1-2H3,(H,16,18). The maximum Gasteiger partial charge on any atom is 0.234 e. The van der Waals surface area contributed by atoms with Gasteiger partial charge in [0.1, 0.15) is 0 Å². The second-order valence-corrected chi connectivity index (χ2v) is 5.16. The van der Waals surface area contributed by atoms with Crippen molar-refractivity contribution in [3.8, 4) is 0 Å². The van der Waals surface area contributed by atoms with Gasteiger partial charge in [0.2, 0.25) is 5.91 Å². The van der Waals surface area contributed by atoms with E-state index >= 15 is 0 Å². The number of hydrogen-bond acceptors (Lipinski definition) is 2. The van der Waals surface area contributed by atoms with Gasteiger partial charge in [-0.25, -0.2) is 0 Å². The molecule has 1 aromatic rings. The zero-order chi connectivity index (χ0) is 13.0. The normalized spacial score (nSPS) is 16.1. The van der Waals surface area contributed by atoms with E-state index in [2.05, 4.69) is 34.3 Å². The highest BCUT2D eigenvalue weighted by Crippen LogP contribution is 2.17. The molecule has 2 N–H and O–H groups in total. The van der Waals surface area contributed by atoms with Crippen molar-refractivity contribution in [2.45, 2.75) is 45.2 Å². The first-order chi connectivity index (χ1) is 8.66. The first kappa shape index (κ1) is 13.1. The lowest BCUT2D eigenvalue weighted by Gasteiger charge is -2.12. The van der Waals surface area contributed by atoms with E-state index in [9.17, 15) is 4.79 Å². The van der Waals surface area contributed by atoms with Crippen molar-refractivity contribution in [3.05, 3.63) is 23.5 Å². The topological polar surface area (TPSA) is 46.1 Å². The maximum absolute atomic E-state index is 11.7. The molecule has 1 aromatic heterocycles. The highest BCUT2D eigenvalue weighted by molar-refractivity contribution is 5.77. The molecule has 0 aromatic carbocycles. The van der Waals surface area contributed by atoms with Crippen LogP contribution in [0.25, 0.3) is 0 Å². The van der Waals surface area contributed by atoms with Crippen molar-refractivity contribution in [2.75, 3.05) is 6.54 Å². The van der Waals surface area contributed by atoms with Gasteiger partial charge in [-0.05, 0) is 31.9 Å². The largest absolute Gasteiger partial charge is 0.350 e. The number of aryl methyl sites for hydroxylation is 1. The molecular weight excluding hydrogens is 226 g/mol. The number of nitrogens with zero attached hydrogens (tertiary/aromatic N) is 1. The van der Waals surface area contributed by atoms with Gasteiger partial charge in [-0.1, -0.05) is 12.8 Å². The summed E-state index contributed by atoms with van der Waals surface area (Å²) in [5.74, 6) is 0.0840. The van der Waals surface area contributed by atoms with Gasteiger partial charge >= 0.3 is 0 Å². The van der Waals surface area contributed by atoms with Crippen LogP contribution in [0, 0.1) is 6.92 Å². The third kappa shape index (κ3) is 3.35. The summed E-state index contributed by atoms with van der Waals surface area (Å²) in [7, 11) is 2.02. The van der Waals surface area contributed by atoms with Crippen LogP contribution >= 0.6 is 0 Å². The van der Waals surface area contributed by atoms with Crippen molar-refractivity contribution < 1.29 is 4.79 Å². The van der Waals surface area contributed by atoms with Gasteiger partial charge in [0.05, 0.1) is 13.1 Å². The molecule has 0 unspecified atom stereocenters. The van der Waals surface area contributed by atoms with E-state index in [0.717, 1.165) is 5.69 Å². The molecule has 1 fully saturated rings. The summed E-state index contributed by atoms with van der Waals surface area (Å²) in [4.78, 5) is 11.7. The molecule has 0 saturated heterocycles. The summed E-state index contributed by atoms with van der Waals surface area (Å²) >= 11 is 0. The zero-order valence-corrected chi connectivity index (χ0v) is 11.3. The molecular formula is C14H23N3O. The van der Waals surface area contributed by atoms with Crippen molar-refractivity contribution in [1.29, 1.82) is 0 Å². The number of hydrogen-bond donors (Lipinski definition) is 2. The Morgan fingerprint density at radius 2 is 2.11 bits per heavy atom. The molecule has 0 aliphatic heterocycles. The highest BCUT2D eigenvalue weighted by atomic mass is 16.1. The van der Waals surface area contributed by atoms with Gasteiger partial charge in [-0.2, -0.15) is 0 Å². The summed E-state index contributed by atoms with van der Waals surface area (Å²) < 4.78 is 2.10. The number of rotatable bonds is 5. The molecule has 1 aliphatic carbocycles. The van der Waals surface area contributed by atoms with Crippen LogP contribution in [0.1, 0.15) is 37.1 Å². The van der Waals surface area contributed by atoms with E-state index in [1.807, 2.05) is 7.05 Å². The minimum absolute atomic E-state index is 0.0840. The molecule has 0 radical (unpaired) electrons. The molecule has 18 heavy (non-hydrogen) atoms. The van der Waals surface area contributed by atoms with Crippen LogP contribution < -0.4 is 10.6 Å². The van der Waals surface area contributed by atoms with Gasteiger partial charge in [-0.3, -0.25) is 4.79 Å². The third-order valence-corrected chi connectivity index (χ3v) is 3.85. The number of carbonyl (C=O) groups is 1. The minimum atomic E-state index is 0.0840. The van der Waals surface area contributed by atoms with Crippen LogP contribution in [0.2, 0.25) is 0 Å². The fourth-order valence-electron chi connectivity index (χ4n) is 2.46. The molecule has 100 valence electrons. The Morgan fingerprint density at radius 1 is 1.39 bits per heavy atom. The number of carbonyl (C=O) groups excluding carboxylic acids is 1. The predicted molar refractivity (Wildman–Crippen MR) is 72.3 cm³/mol. The fraction of sp³-hybridized carbons (Fsp3) is 0.643. The summed E-state index contributed by atoms with van der Waals surface area (Å²) in [6, 6.07) is 4.67. The Labute approximate surface area is 109 Å². The first-order valence-corrected chi connectivity index (χ1v) is 6.78. The Bertz CT molecular complexity index is 405. The van der Waals surface area contributed by atoms with Crippen LogP contribution in [-0.4, -0.2) is 23.1 Å². The van der Waals surface area contributed by atoms with Crippen LogP contribution in [0.4, 0.5) is 0 Å². The van der Waals surface area contributed by atoms with Crippen molar-refractivity contribution in [3.63, 3.8) is 0 Å². The fourth-order valence-corrected chi connectivity index (χ4v) is 2.46. The summed E-state index contributed by atoms with van der Waals surface area (Å²) in [5, 5.41) is 6.27.